The number of halogens is 3. The van der Waals surface area contributed by atoms with Gasteiger partial charge < -0.3 is 20.1 Å². The summed E-state index contributed by atoms with van der Waals surface area (Å²) in [5.74, 6) is -0.681. The number of ether oxygens (including phenoxy) is 1. The molecule has 0 aliphatic carbocycles. The first-order chi connectivity index (χ1) is 12.7. The van der Waals surface area contributed by atoms with E-state index in [0.29, 0.717) is 32.7 Å². The third kappa shape index (κ3) is 5.75. The Kier molecular flexibility index (Phi) is 6.89. The minimum atomic E-state index is -4.55. The fraction of sp³-hybridized carbons (Fsp3) is 0.529. The fourth-order valence-corrected chi connectivity index (χ4v) is 2.79. The second-order valence-electron chi connectivity index (χ2n) is 6.02. The second kappa shape index (κ2) is 8.94. The molecule has 1 amide bonds. The average Bonchev–Trinajstić information content (AvgIpc) is 2.61. The summed E-state index contributed by atoms with van der Waals surface area (Å²) in [5.41, 5.74) is -0.995. The molecule has 1 aromatic rings. The Bertz CT molecular complexity index is 674. The van der Waals surface area contributed by atoms with Crippen molar-refractivity contribution in [2.45, 2.75) is 13.1 Å². The van der Waals surface area contributed by atoms with Crippen molar-refractivity contribution in [3.05, 3.63) is 29.3 Å². The van der Waals surface area contributed by atoms with Gasteiger partial charge in [0.25, 0.3) is 0 Å². The standard InChI is InChI=1S/C17H22F3N3O4/c1-2-27-15(24)12-3-4-13(17(18,19)20)14(11-12)21-5-6-22-7-9-23(10-8-22)16(25)26/h3-4,11,21H,2,5-10H2,1H3,(H,25,26). The first kappa shape index (κ1) is 20.8. The molecule has 10 heteroatoms. The van der Waals surface area contributed by atoms with Crippen LogP contribution in [0.25, 0.3) is 0 Å². The van der Waals surface area contributed by atoms with Gasteiger partial charge in [0, 0.05) is 45.0 Å². The van der Waals surface area contributed by atoms with Crippen LogP contribution in [0.1, 0.15) is 22.8 Å². The minimum absolute atomic E-state index is 0.0439. The molecule has 1 aromatic carbocycles. The van der Waals surface area contributed by atoms with Crippen LogP contribution in [0.15, 0.2) is 18.2 Å². The molecule has 0 aromatic heterocycles. The fourth-order valence-electron chi connectivity index (χ4n) is 2.79. The lowest BCUT2D eigenvalue weighted by molar-refractivity contribution is -0.137. The van der Waals surface area contributed by atoms with Crippen LogP contribution in [0.4, 0.5) is 23.7 Å². The number of esters is 1. The molecule has 2 rings (SSSR count). The van der Waals surface area contributed by atoms with Crippen LogP contribution < -0.4 is 5.32 Å². The van der Waals surface area contributed by atoms with Crippen LogP contribution in [0.5, 0.6) is 0 Å². The van der Waals surface area contributed by atoms with E-state index < -0.39 is 23.8 Å². The predicted molar refractivity (Wildman–Crippen MR) is 91.9 cm³/mol. The van der Waals surface area contributed by atoms with E-state index in [9.17, 15) is 22.8 Å². The summed E-state index contributed by atoms with van der Waals surface area (Å²) >= 11 is 0. The smallest absolute Gasteiger partial charge is 0.418 e. The molecule has 1 fully saturated rings. The molecule has 0 atom stereocenters. The number of nitrogens with zero attached hydrogens (tertiary/aromatic N) is 2. The topological polar surface area (TPSA) is 82.1 Å². The molecule has 1 heterocycles. The number of anilines is 1. The van der Waals surface area contributed by atoms with Crippen molar-refractivity contribution >= 4 is 17.7 Å². The van der Waals surface area contributed by atoms with Gasteiger partial charge >= 0.3 is 18.2 Å². The summed E-state index contributed by atoms with van der Waals surface area (Å²) in [6, 6.07) is 3.10. The highest BCUT2D eigenvalue weighted by molar-refractivity contribution is 5.91. The normalized spacial score (nSPS) is 15.5. The summed E-state index contributed by atoms with van der Waals surface area (Å²) in [7, 11) is 0. The van der Waals surface area contributed by atoms with Gasteiger partial charge in [-0.3, -0.25) is 4.90 Å². The average molecular weight is 389 g/mol. The minimum Gasteiger partial charge on any atom is -0.465 e. The molecule has 0 saturated carbocycles. The molecule has 0 bridgehead atoms. The van der Waals surface area contributed by atoms with Crippen molar-refractivity contribution in [1.82, 2.24) is 9.80 Å². The zero-order valence-corrected chi connectivity index (χ0v) is 14.9. The maximum absolute atomic E-state index is 13.2. The molecule has 1 saturated heterocycles. The molecular weight excluding hydrogens is 367 g/mol. The van der Waals surface area contributed by atoms with E-state index in [0.717, 1.165) is 18.2 Å². The van der Waals surface area contributed by atoms with Crippen molar-refractivity contribution in [2.24, 2.45) is 0 Å². The molecule has 7 nitrogen and oxygen atoms in total. The molecule has 150 valence electrons. The zero-order valence-electron chi connectivity index (χ0n) is 14.9. The molecule has 2 N–H and O–H groups in total. The zero-order chi connectivity index (χ0) is 20.0. The first-order valence-corrected chi connectivity index (χ1v) is 8.55. The molecule has 0 radical (unpaired) electrons. The van der Waals surface area contributed by atoms with Crippen LogP contribution in [0, 0.1) is 0 Å². The monoisotopic (exact) mass is 389 g/mol. The maximum atomic E-state index is 13.2. The van der Waals surface area contributed by atoms with E-state index in [2.05, 4.69) is 5.32 Å². The summed E-state index contributed by atoms with van der Waals surface area (Å²) in [6.07, 6.45) is -5.53. The lowest BCUT2D eigenvalue weighted by Crippen LogP contribution is -2.49. The van der Waals surface area contributed by atoms with Crippen molar-refractivity contribution in [3.8, 4) is 0 Å². The number of hydrogen-bond acceptors (Lipinski definition) is 5. The number of carbonyl (C=O) groups is 2. The highest BCUT2D eigenvalue weighted by atomic mass is 19.4. The number of nitrogens with one attached hydrogen (secondary N) is 1. The molecular formula is C17H22F3N3O4. The third-order valence-electron chi connectivity index (χ3n) is 4.22. The molecule has 0 spiro atoms. The van der Waals surface area contributed by atoms with Gasteiger partial charge in [-0.1, -0.05) is 0 Å². The van der Waals surface area contributed by atoms with E-state index in [1.54, 1.807) is 6.92 Å². The summed E-state index contributed by atoms with van der Waals surface area (Å²) in [5, 5.41) is 11.7. The Morgan fingerprint density at radius 2 is 1.89 bits per heavy atom. The van der Waals surface area contributed by atoms with Crippen LogP contribution in [0.3, 0.4) is 0 Å². The predicted octanol–water partition coefficient (Wildman–Crippen LogP) is 2.59. The van der Waals surface area contributed by atoms with E-state index in [4.69, 9.17) is 9.84 Å². The highest BCUT2D eigenvalue weighted by Crippen LogP contribution is 2.35. The Labute approximate surface area is 154 Å². The van der Waals surface area contributed by atoms with Gasteiger partial charge in [-0.2, -0.15) is 13.2 Å². The van der Waals surface area contributed by atoms with Crippen LogP contribution in [0.2, 0.25) is 0 Å². The van der Waals surface area contributed by atoms with E-state index in [1.807, 2.05) is 4.90 Å². The number of piperazine rings is 1. The highest BCUT2D eigenvalue weighted by Gasteiger charge is 2.34. The number of hydrogen-bond donors (Lipinski definition) is 2. The Balaban J connectivity index is 2.00. The Hall–Kier alpha value is -2.49. The van der Waals surface area contributed by atoms with E-state index in [1.165, 1.54) is 4.90 Å². The summed E-state index contributed by atoms with van der Waals surface area (Å²) in [6.45, 7) is 4.18. The van der Waals surface area contributed by atoms with Crippen LogP contribution in [-0.2, 0) is 10.9 Å². The van der Waals surface area contributed by atoms with Gasteiger partial charge in [-0.05, 0) is 25.1 Å². The third-order valence-corrected chi connectivity index (χ3v) is 4.22. The molecule has 27 heavy (non-hydrogen) atoms. The quantitative estimate of drug-likeness (QED) is 0.728. The molecule has 0 unspecified atom stereocenters. The second-order valence-corrected chi connectivity index (χ2v) is 6.02. The van der Waals surface area contributed by atoms with Gasteiger partial charge in [0.1, 0.15) is 0 Å². The largest absolute Gasteiger partial charge is 0.465 e. The van der Waals surface area contributed by atoms with Gasteiger partial charge in [0.15, 0.2) is 0 Å². The SMILES string of the molecule is CCOC(=O)c1ccc(C(F)(F)F)c(NCCN2CCN(C(=O)O)CC2)c1. The Morgan fingerprint density at radius 3 is 2.44 bits per heavy atom. The van der Waals surface area contributed by atoms with Gasteiger partial charge in [-0.25, -0.2) is 9.59 Å². The first-order valence-electron chi connectivity index (χ1n) is 8.55. The van der Waals surface area contributed by atoms with Crippen molar-refractivity contribution in [3.63, 3.8) is 0 Å². The number of rotatable bonds is 6. The molecule has 1 aliphatic rings. The Morgan fingerprint density at radius 1 is 1.22 bits per heavy atom. The number of carbonyl (C=O) groups excluding carboxylic acids is 1. The van der Waals surface area contributed by atoms with Crippen LogP contribution in [-0.4, -0.2) is 72.8 Å². The number of benzene rings is 1. The van der Waals surface area contributed by atoms with Crippen LogP contribution >= 0.6 is 0 Å². The lowest BCUT2D eigenvalue weighted by atomic mass is 10.1. The van der Waals surface area contributed by atoms with Gasteiger partial charge in [-0.15, -0.1) is 0 Å². The summed E-state index contributed by atoms with van der Waals surface area (Å²) in [4.78, 5) is 25.9. The maximum Gasteiger partial charge on any atom is 0.418 e. The van der Waals surface area contributed by atoms with E-state index >= 15 is 0 Å². The molecule has 1 aliphatic heterocycles. The number of alkyl halides is 3. The van der Waals surface area contributed by atoms with Crippen molar-refractivity contribution in [2.75, 3.05) is 51.2 Å². The van der Waals surface area contributed by atoms with E-state index in [-0.39, 0.29) is 24.4 Å². The van der Waals surface area contributed by atoms with Crippen molar-refractivity contribution < 1.29 is 32.6 Å². The van der Waals surface area contributed by atoms with Gasteiger partial charge in [0.05, 0.1) is 17.7 Å². The summed E-state index contributed by atoms with van der Waals surface area (Å²) < 4.78 is 44.4. The van der Waals surface area contributed by atoms with Crippen molar-refractivity contribution in [1.29, 1.82) is 0 Å². The lowest BCUT2D eigenvalue weighted by Gasteiger charge is -2.33. The number of amides is 1. The van der Waals surface area contributed by atoms with Gasteiger partial charge in [0.2, 0.25) is 0 Å². The number of carboxylic acid groups (broad SMARTS) is 1.